The molecule has 166 valence electrons. The van der Waals surface area contributed by atoms with E-state index in [4.69, 9.17) is 9.15 Å². The largest absolute Gasteiger partial charge is 0.417 e. The number of ether oxygens (including phenoxy) is 1. The van der Waals surface area contributed by atoms with Gasteiger partial charge in [0.2, 0.25) is 0 Å². The van der Waals surface area contributed by atoms with Gasteiger partial charge in [0.25, 0.3) is 10.0 Å². The van der Waals surface area contributed by atoms with Gasteiger partial charge in [0.05, 0.1) is 29.3 Å². The average molecular weight is 473 g/mol. The molecule has 2 aromatic carbocycles. The molecule has 0 bridgehead atoms. The monoisotopic (exact) mass is 472 g/mol. The Morgan fingerprint density at radius 1 is 1.12 bits per heavy atom. The maximum absolute atomic E-state index is 13.0. The molecule has 0 aliphatic carbocycles. The van der Waals surface area contributed by atoms with Crippen LogP contribution in [0.4, 0.5) is 5.13 Å². The van der Waals surface area contributed by atoms with Crippen LogP contribution in [0.1, 0.15) is 4.88 Å². The molecule has 2 N–H and O–H groups in total. The summed E-state index contributed by atoms with van der Waals surface area (Å²) in [5.41, 5.74) is 2.29. The molecule has 5 rings (SSSR count). The third-order valence-electron chi connectivity index (χ3n) is 5.14. The number of H-pyrrole nitrogens is 1. The van der Waals surface area contributed by atoms with Crippen molar-refractivity contribution in [3.63, 3.8) is 0 Å². The third-order valence-corrected chi connectivity index (χ3v) is 7.56. The highest BCUT2D eigenvalue weighted by molar-refractivity contribution is 7.93. The molecule has 4 aromatic rings. The van der Waals surface area contributed by atoms with E-state index in [1.165, 1.54) is 29.5 Å². The fraction of sp³-hybridized carbons (Fsp3) is 0.238. The Balaban J connectivity index is 1.47. The first-order valence-corrected chi connectivity index (χ1v) is 12.3. The molecule has 0 saturated carbocycles. The Hall–Kier alpha value is -2.99. The lowest BCUT2D eigenvalue weighted by Gasteiger charge is -2.26. The Bertz CT molecular complexity index is 1400. The normalized spacial score (nSPS) is 15.2. The Morgan fingerprint density at radius 3 is 2.69 bits per heavy atom. The topological polar surface area (TPSA) is 118 Å². The molecule has 0 radical (unpaired) electrons. The Kier molecular flexibility index (Phi) is 5.55. The standard InChI is InChI=1S/C21H20N4O5S2/c26-21-22-16-7-6-15(12-17(16)30-21)32(27,28)24-20-23-19(14-4-2-1-3-5-14)18(31-20)13-25-8-10-29-11-9-25/h1-7,12H,8-11,13H2,(H,22,26)(H,23,24). The van der Waals surface area contributed by atoms with E-state index in [1.807, 2.05) is 30.3 Å². The Labute approximate surface area is 187 Å². The van der Waals surface area contributed by atoms with Crippen LogP contribution < -0.4 is 10.5 Å². The predicted molar refractivity (Wildman–Crippen MR) is 121 cm³/mol. The quantitative estimate of drug-likeness (QED) is 0.443. The van der Waals surface area contributed by atoms with E-state index in [2.05, 4.69) is 19.6 Å². The minimum Gasteiger partial charge on any atom is -0.408 e. The van der Waals surface area contributed by atoms with Gasteiger partial charge in [0.1, 0.15) is 0 Å². The fourth-order valence-corrected chi connectivity index (χ4v) is 5.83. The summed E-state index contributed by atoms with van der Waals surface area (Å²) in [5, 5.41) is 0.280. The molecule has 11 heteroatoms. The maximum Gasteiger partial charge on any atom is 0.417 e. The van der Waals surface area contributed by atoms with Crippen molar-refractivity contribution < 1.29 is 17.6 Å². The van der Waals surface area contributed by atoms with Crippen LogP contribution in [0.25, 0.3) is 22.4 Å². The molecular formula is C21H20N4O5S2. The number of sulfonamides is 1. The fourth-order valence-electron chi connectivity index (χ4n) is 3.55. The van der Waals surface area contributed by atoms with Crippen LogP contribution in [-0.4, -0.2) is 49.6 Å². The maximum atomic E-state index is 13.0. The van der Waals surface area contributed by atoms with Gasteiger partial charge in [-0.2, -0.15) is 0 Å². The van der Waals surface area contributed by atoms with Crippen molar-refractivity contribution in [1.82, 2.24) is 14.9 Å². The number of aromatic nitrogens is 2. The van der Waals surface area contributed by atoms with Gasteiger partial charge in [-0.25, -0.2) is 18.2 Å². The SMILES string of the molecule is O=c1[nH]c2ccc(S(=O)(=O)Nc3nc(-c4ccccc4)c(CN4CCOCC4)s3)cc2o1. The number of hydrogen-bond acceptors (Lipinski definition) is 8. The highest BCUT2D eigenvalue weighted by Crippen LogP contribution is 2.33. The second-order valence-corrected chi connectivity index (χ2v) is 10.1. The van der Waals surface area contributed by atoms with Crippen LogP contribution in [-0.2, 0) is 21.3 Å². The number of thiazole rings is 1. The summed E-state index contributed by atoms with van der Waals surface area (Å²) in [5.74, 6) is -0.636. The minimum absolute atomic E-state index is 0.0149. The van der Waals surface area contributed by atoms with E-state index in [-0.39, 0.29) is 15.6 Å². The summed E-state index contributed by atoms with van der Waals surface area (Å²) in [6, 6.07) is 13.9. The molecule has 3 heterocycles. The van der Waals surface area contributed by atoms with Crippen LogP contribution in [0.3, 0.4) is 0 Å². The third kappa shape index (κ3) is 4.32. The molecule has 2 aromatic heterocycles. The van der Waals surface area contributed by atoms with Gasteiger partial charge in [-0.3, -0.25) is 14.6 Å². The number of morpholine rings is 1. The average Bonchev–Trinajstić information content (AvgIpc) is 3.36. The first-order chi connectivity index (χ1) is 15.5. The number of hydrogen-bond donors (Lipinski definition) is 2. The number of aromatic amines is 1. The second-order valence-electron chi connectivity index (χ2n) is 7.32. The first-order valence-electron chi connectivity index (χ1n) is 9.99. The van der Waals surface area contributed by atoms with Gasteiger partial charge in [0, 0.05) is 36.1 Å². The predicted octanol–water partition coefficient (Wildman–Crippen LogP) is 2.88. The molecule has 0 spiro atoms. The van der Waals surface area contributed by atoms with E-state index < -0.39 is 15.8 Å². The Morgan fingerprint density at radius 2 is 1.91 bits per heavy atom. The number of rotatable bonds is 6. The molecule has 0 atom stereocenters. The van der Waals surface area contributed by atoms with Crippen LogP contribution in [0.15, 0.2) is 62.6 Å². The zero-order valence-corrected chi connectivity index (χ0v) is 18.5. The van der Waals surface area contributed by atoms with Crippen LogP contribution >= 0.6 is 11.3 Å². The van der Waals surface area contributed by atoms with E-state index in [0.29, 0.717) is 25.3 Å². The smallest absolute Gasteiger partial charge is 0.408 e. The van der Waals surface area contributed by atoms with Crippen molar-refractivity contribution >= 4 is 37.6 Å². The van der Waals surface area contributed by atoms with Crippen LogP contribution in [0, 0.1) is 0 Å². The highest BCUT2D eigenvalue weighted by Gasteiger charge is 2.22. The van der Waals surface area contributed by atoms with E-state index >= 15 is 0 Å². The second kappa shape index (κ2) is 8.51. The molecule has 32 heavy (non-hydrogen) atoms. The van der Waals surface area contributed by atoms with Crippen molar-refractivity contribution in [1.29, 1.82) is 0 Å². The number of anilines is 1. The van der Waals surface area contributed by atoms with E-state index in [1.54, 1.807) is 0 Å². The first kappa shape index (κ1) is 20.9. The lowest BCUT2D eigenvalue weighted by Crippen LogP contribution is -2.35. The molecule has 9 nitrogen and oxygen atoms in total. The van der Waals surface area contributed by atoms with Crippen molar-refractivity contribution in [3.8, 4) is 11.3 Å². The number of oxazole rings is 1. The summed E-state index contributed by atoms with van der Waals surface area (Å²) in [7, 11) is -3.93. The zero-order chi connectivity index (χ0) is 22.1. The van der Waals surface area contributed by atoms with Crippen LogP contribution in [0.5, 0.6) is 0 Å². The highest BCUT2D eigenvalue weighted by atomic mass is 32.2. The summed E-state index contributed by atoms with van der Waals surface area (Å²) in [6.07, 6.45) is 0. The van der Waals surface area contributed by atoms with Crippen molar-refractivity contribution in [2.75, 3.05) is 31.0 Å². The van der Waals surface area contributed by atoms with Crippen molar-refractivity contribution in [2.24, 2.45) is 0 Å². The summed E-state index contributed by atoms with van der Waals surface area (Å²) in [4.78, 5) is 21.7. The number of nitrogens with one attached hydrogen (secondary N) is 2. The zero-order valence-electron chi connectivity index (χ0n) is 16.9. The molecule has 0 unspecified atom stereocenters. The van der Waals surface area contributed by atoms with E-state index in [0.717, 1.165) is 29.2 Å². The van der Waals surface area contributed by atoms with Gasteiger partial charge >= 0.3 is 5.76 Å². The number of benzene rings is 2. The van der Waals surface area contributed by atoms with Crippen molar-refractivity contribution in [3.05, 3.63) is 64.0 Å². The molecule has 1 saturated heterocycles. The van der Waals surface area contributed by atoms with Crippen molar-refractivity contribution in [2.45, 2.75) is 11.4 Å². The lowest BCUT2D eigenvalue weighted by molar-refractivity contribution is 0.0347. The molecule has 0 amide bonds. The molecular weight excluding hydrogens is 452 g/mol. The minimum atomic E-state index is -3.93. The van der Waals surface area contributed by atoms with Gasteiger partial charge < -0.3 is 9.15 Å². The lowest BCUT2D eigenvalue weighted by atomic mass is 10.1. The van der Waals surface area contributed by atoms with Gasteiger partial charge in [-0.1, -0.05) is 41.7 Å². The van der Waals surface area contributed by atoms with Gasteiger partial charge in [0.15, 0.2) is 10.7 Å². The summed E-state index contributed by atoms with van der Waals surface area (Å²) >= 11 is 1.31. The van der Waals surface area contributed by atoms with Crippen LogP contribution in [0.2, 0.25) is 0 Å². The molecule has 1 aliphatic heterocycles. The number of nitrogens with zero attached hydrogens (tertiary/aromatic N) is 2. The molecule has 1 aliphatic rings. The molecule has 1 fully saturated rings. The van der Waals surface area contributed by atoms with Gasteiger partial charge in [-0.05, 0) is 12.1 Å². The van der Waals surface area contributed by atoms with E-state index in [9.17, 15) is 13.2 Å². The number of fused-ring (bicyclic) bond motifs is 1. The van der Waals surface area contributed by atoms with Gasteiger partial charge in [-0.15, -0.1) is 0 Å². The summed E-state index contributed by atoms with van der Waals surface area (Å²) < 4.78 is 39.0. The summed E-state index contributed by atoms with van der Waals surface area (Å²) in [6.45, 7) is 3.64.